The molecule has 1 aromatic heterocycles. The second kappa shape index (κ2) is 11.7. The van der Waals surface area contributed by atoms with E-state index in [9.17, 15) is 22.8 Å². The topological polar surface area (TPSA) is 112 Å². The van der Waals surface area contributed by atoms with Crippen molar-refractivity contribution in [3.63, 3.8) is 0 Å². The van der Waals surface area contributed by atoms with Gasteiger partial charge in [-0.25, -0.2) is 9.97 Å². The lowest BCUT2D eigenvalue weighted by atomic mass is 10.0. The maximum Gasteiger partial charge on any atom is 0.420 e. The number of carbonyl (C=O) groups excluding carboxylic acids is 2. The molecule has 0 aliphatic carbocycles. The Balaban J connectivity index is 1.65. The number of amides is 2. The van der Waals surface area contributed by atoms with Crippen molar-refractivity contribution in [2.24, 2.45) is 0 Å². The van der Waals surface area contributed by atoms with Gasteiger partial charge in [0.05, 0.1) is 19.3 Å². The monoisotopic (exact) mass is 518 g/mol. The highest BCUT2D eigenvalue weighted by atomic mass is 19.4. The van der Waals surface area contributed by atoms with Crippen LogP contribution >= 0.6 is 0 Å². The van der Waals surface area contributed by atoms with Crippen LogP contribution in [0.5, 0.6) is 17.2 Å². The Kier molecular flexibility index (Phi) is 8.66. The number of hydrogen-bond donors (Lipinski definition) is 2. The van der Waals surface area contributed by atoms with E-state index in [2.05, 4.69) is 20.6 Å². The molecule has 0 saturated carbocycles. The van der Waals surface area contributed by atoms with E-state index in [-0.39, 0.29) is 36.0 Å². The fourth-order valence-electron chi connectivity index (χ4n) is 3.31. The largest absolute Gasteiger partial charge is 0.497 e. The molecule has 3 aromatic rings. The molecule has 0 aliphatic heterocycles. The van der Waals surface area contributed by atoms with Crippen LogP contribution in [0.1, 0.15) is 28.4 Å². The Morgan fingerprint density at radius 2 is 1.62 bits per heavy atom. The molecule has 12 heteroatoms. The van der Waals surface area contributed by atoms with Crippen LogP contribution in [0.4, 0.5) is 13.2 Å². The molecule has 196 valence electrons. The third-order valence-corrected chi connectivity index (χ3v) is 5.24. The maximum absolute atomic E-state index is 13.4. The number of carbonyl (C=O) groups is 2. The molecule has 0 spiro atoms. The van der Waals surface area contributed by atoms with Crippen LogP contribution in [0.15, 0.2) is 61.2 Å². The summed E-state index contributed by atoms with van der Waals surface area (Å²) in [5, 5.41) is 5.36. The van der Waals surface area contributed by atoms with E-state index < -0.39 is 29.1 Å². The molecule has 1 atom stereocenters. The van der Waals surface area contributed by atoms with Crippen molar-refractivity contribution in [3.8, 4) is 17.2 Å². The summed E-state index contributed by atoms with van der Waals surface area (Å²) in [6, 6.07) is 9.58. The number of halogens is 3. The molecule has 37 heavy (non-hydrogen) atoms. The quantitative estimate of drug-likeness (QED) is 0.421. The zero-order chi connectivity index (χ0) is 27.1. The molecule has 1 unspecified atom stereocenters. The van der Waals surface area contributed by atoms with Crippen LogP contribution in [-0.4, -0.2) is 48.1 Å². The first-order chi connectivity index (χ1) is 17.6. The summed E-state index contributed by atoms with van der Waals surface area (Å²) in [7, 11) is 2.67. The van der Waals surface area contributed by atoms with Gasteiger partial charge in [0.1, 0.15) is 34.7 Å². The number of benzene rings is 2. The van der Waals surface area contributed by atoms with Crippen LogP contribution in [0.2, 0.25) is 0 Å². The lowest BCUT2D eigenvalue weighted by Crippen LogP contribution is -2.59. The van der Waals surface area contributed by atoms with Gasteiger partial charge in [-0.05, 0) is 42.8 Å². The van der Waals surface area contributed by atoms with Crippen molar-refractivity contribution in [1.82, 2.24) is 20.6 Å². The third-order valence-electron chi connectivity index (χ3n) is 5.24. The lowest BCUT2D eigenvalue weighted by Gasteiger charge is -2.28. The Labute approximate surface area is 211 Å². The van der Waals surface area contributed by atoms with Gasteiger partial charge in [-0.15, -0.1) is 0 Å². The van der Waals surface area contributed by atoms with E-state index in [0.29, 0.717) is 5.56 Å². The van der Waals surface area contributed by atoms with Gasteiger partial charge >= 0.3 is 6.18 Å². The van der Waals surface area contributed by atoms with Crippen molar-refractivity contribution >= 4 is 11.8 Å². The van der Waals surface area contributed by atoms with Crippen molar-refractivity contribution < 1.29 is 37.0 Å². The average Bonchev–Trinajstić information content (AvgIpc) is 2.88. The number of nitrogens with one attached hydrogen (secondary N) is 2. The van der Waals surface area contributed by atoms with Crippen molar-refractivity contribution in [3.05, 3.63) is 77.9 Å². The van der Waals surface area contributed by atoms with E-state index >= 15 is 0 Å². The fourth-order valence-corrected chi connectivity index (χ4v) is 3.31. The van der Waals surface area contributed by atoms with E-state index in [0.717, 1.165) is 6.07 Å². The number of hydrogen-bond acceptors (Lipinski definition) is 7. The Morgan fingerprint density at radius 1 is 0.973 bits per heavy atom. The summed E-state index contributed by atoms with van der Waals surface area (Å²) in [6.07, 6.45) is -0.715. The molecular formula is C25H25F3N4O5. The number of rotatable bonds is 10. The minimum absolute atomic E-state index is 0.0551. The minimum Gasteiger partial charge on any atom is -0.497 e. The highest BCUT2D eigenvalue weighted by Gasteiger charge is 2.36. The number of nitrogens with zero attached hydrogens (tertiary/aromatic N) is 2. The Bertz CT molecular complexity index is 1220. The first-order valence-electron chi connectivity index (χ1n) is 10.9. The first kappa shape index (κ1) is 27.4. The van der Waals surface area contributed by atoms with Gasteiger partial charge in [0, 0.05) is 26.0 Å². The standard InChI is InChI=1S/C25H25F3N4O5/c1-24(14-35-2,32-22(33)17-12-29-15-30-13-17)23(34)31-11-16-4-6-18(7-5-16)37-21-9-8-19(36-3)10-20(21)25(26,27)28/h4-10,12-13,15H,11,14H2,1-3H3,(H,31,34)(H,32,33). The van der Waals surface area contributed by atoms with Crippen LogP contribution < -0.4 is 20.1 Å². The molecule has 0 fully saturated rings. The predicted octanol–water partition coefficient (Wildman–Crippen LogP) is 3.75. The van der Waals surface area contributed by atoms with Gasteiger partial charge in [0.2, 0.25) is 5.91 Å². The maximum atomic E-state index is 13.4. The van der Waals surface area contributed by atoms with Gasteiger partial charge < -0.3 is 24.8 Å². The van der Waals surface area contributed by atoms with Gasteiger partial charge in [-0.3, -0.25) is 9.59 Å². The normalized spacial score (nSPS) is 12.8. The molecule has 9 nitrogen and oxygen atoms in total. The average molecular weight is 518 g/mol. The Hall–Kier alpha value is -4.19. The number of alkyl halides is 3. The summed E-state index contributed by atoms with van der Waals surface area (Å²) in [4.78, 5) is 33.0. The van der Waals surface area contributed by atoms with Gasteiger partial charge in [-0.2, -0.15) is 13.2 Å². The molecule has 2 N–H and O–H groups in total. The molecule has 2 aromatic carbocycles. The van der Waals surface area contributed by atoms with Crippen LogP contribution in [0.3, 0.4) is 0 Å². The van der Waals surface area contributed by atoms with E-state index in [1.54, 1.807) is 12.1 Å². The van der Waals surface area contributed by atoms with E-state index in [1.165, 1.54) is 64.1 Å². The van der Waals surface area contributed by atoms with E-state index in [4.69, 9.17) is 14.2 Å². The molecule has 0 aliphatic rings. The van der Waals surface area contributed by atoms with E-state index in [1.807, 2.05) is 0 Å². The lowest BCUT2D eigenvalue weighted by molar-refractivity contribution is -0.138. The van der Waals surface area contributed by atoms with Crippen LogP contribution in [0, 0.1) is 0 Å². The number of aromatic nitrogens is 2. The summed E-state index contributed by atoms with van der Waals surface area (Å²) in [5.41, 5.74) is -1.54. The molecular weight excluding hydrogens is 493 g/mol. The second-order valence-corrected chi connectivity index (χ2v) is 8.13. The first-order valence-corrected chi connectivity index (χ1v) is 10.9. The summed E-state index contributed by atoms with van der Waals surface area (Å²) in [5.74, 6) is -1.20. The number of methoxy groups -OCH3 is 2. The fraction of sp³-hybridized carbons (Fsp3) is 0.280. The zero-order valence-electron chi connectivity index (χ0n) is 20.3. The Morgan fingerprint density at radius 3 is 2.22 bits per heavy atom. The summed E-state index contributed by atoms with van der Waals surface area (Å²) < 4.78 is 55.7. The molecule has 1 heterocycles. The zero-order valence-corrected chi connectivity index (χ0v) is 20.3. The summed E-state index contributed by atoms with van der Waals surface area (Å²) >= 11 is 0. The van der Waals surface area contributed by atoms with Crippen molar-refractivity contribution in [2.75, 3.05) is 20.8 Å². The second-order valence-electron chi connectivity index (χ2n) is 8.13. The highest BCUT2D eigenvalue weighted by molar-refractivity contribution is 5.98. The third kappa shape index (κ3) is 7.17. The van der Waals surface area contributed by atoms with Gasteiger partial charge in [0.25, 0.3) is 5.91 Å². The van der Waals surface area contributed by atoms with Gasteiger partial charge in [0.15, 0.2) is 0 Å². The minimum atomic E-state index is -4.63. The molecule has 0 radical (unpaired) electrons. The van der Waals surface area contributed by atoms with Crippen molar-refractivity contribution in [1.29, 1.82) is 0 Å². The van der Waals surface area contributed by atoms with Crippen LogP contribution in [0.25, 0.3) is 0 Å². The summed E-state index contributed by atoms with van der Waals surface area (Å²) in [6.45, 7) is 1.49. The molecule has 0 bridgehead atoms. The predicted molar refractivity (Wildman–Crippen MR) is 126 cm³/mol. The number of ether oxygens (including phenoxy) is 3. The van der Waals surface area contributed by atoms with Gasteiger partial charge in [-0.1, -0.05) is 12.1 Å². The molecule has 2 amide bonds. The molecule has 3 rings (SSSR count). The highest BCUT2D eigenvalue weighted by Crippen LogP contribution is 2.40. The SMILES string of the molecule is COCC(C)(NC(=O)c1cncnc1)C(=O)NCc1ccc(Oc2ccc(OC)cc2C(F)(F)F)cc1. The molecule has 0 saturated heterocycles. The van der Waals surface area contributed by atoms with Crippen molar-refractivity contribution in [2.45, 2.75) is 25.2 Å². The smallest absolute Gasteiger partial charge is 0.420 e. The van der Waals surface area contributed by atoms with Crippen LogP contribution in [-0.2, 0) is 22.3 Å².